The maximum Gasteiger partial charge on any atom is 0.333 e. The molecule has 39 heavy (non-hydrogen) atoms. The van der Waals surface area contributed by atoms with Gasteiger partial charge in [0, 0.05) is 42.6 Å². The topological polar surface area (TPSA) is 118 Å². The quantitative estimate of drug-likeness (QED) is 0.286. The Balaban J connectivity index is 1.35. The fourth-order valence-corrected chi connectivity index (χ4v) is 5.23. The van der Waals surface area contributed by atoms with Gasteiger partial charge in [0.15, 0.2) is 5.65 Å². The zero-order valence-electron chi connectivity index (χ0n) is 21.7. The van der Waals surface area contributed by atoms with E-state index in [0.717, 1.165) is 44.5 Å². The maximum absolute atomic E-state index is 13.2. The van der Waals surface area contributed by atoms with Crippen LogP contribution >= 0.6 is 0 Å². The van der Waals surface area contributed by atoms with E-state index in [2.05, 4.69) is 35.8 Å². The monoisotopic (exact) mass is 539 g/mol. The minimum atomic E-state index is -2.73. The number of aromatic nitrogens is 6. The van der Waals surface area contributed by atoms with Crippen molar-refractivity contribution in [2.24, 2.45) is 0 Å². The molecular formula is C26H31F2N9O2. The van der Waals surface area contributed by atoms with Gasteiger partial charge in [-0.25, -0.2) is 4.68 Å². The average molecular weight is 540 g/mol. The molecule has 0 amide bonds. The molecule has 3 aromatic heterocycles. The first kappa shape index (κ1) is 25.3. The number of nitrogens with zero attached hydrogens (tertiary/aromatic N) is 6. The van der Waals surface area contributed by atoms with E-state index in [1.165, 1.54) is 18.8 Å². The first-order chi connectivity index (χ1) is 19.1. The molecule has 6 rings (SSSR count). The van der Waals surface area contributed by atoms with Gasteiger partial charge in [0.1, 0.15) is 11.6 Å². The van der Waals surface area contributed by atoms with E-state index in [4.69, 9.17) is 14.5 Å². The first-order valence-electron chi connectivity index (χ1n) is 13.2. The normalized spacial score (nSPS) is 16.7. The number of halogens is 2. The molecule has 0 spiro atoms. The van der Waals surface area contributed by atoms with Crippen LogP contribution in [0.15, 0.2) is 30.6 Å². The summed E-state index contributed by atoms with van der Waals surface area (Å²) in [7, 11) is 1.63. The standard InChI is InChI=1S/C26H31F2N9O2/c1-38-20-13-18(36-9-11-39-12-10-36)7-8-19(20)31-26-32-23(30-17-5-3-2-4-6-17)21-22(34-35-24(21)33-26)16-14-29-37(15-16)25(27)28/h7-8,13-15,17,25H,2-6,9-12H2,1H3,(H3,30,31,32,33,34,35). The van der Waals surface area contributed by atoms with Crippen LogP contribution < -0.4 is 20.3 Å². The van der Waals surface area contributed by atoms with E-state index in [-0.39, 0.29) is 6.04 Å². The zero-order valence-corrected chi connectivity index (χ0v) is 21.7. The number of hydrogen-bond donors (Lipinski definition) is 3. The zero-order chi connectivity index (χ0) is 26.8. The van der Waals surface area contributed by atoms with E-state index in [9.17, 15) is 8.78 Å². The highest BCUT2D eigenvalue weighted by molar-refractivity contribution is 5.99. The van der Waals surface area contributed by atoms with Crippen LogP contribution in [-0.2, 0) is 4.74 Å². The molecule has 0 atom stereocenters. The van der Waals surface area contributed by atoms with Crippen molar-refractivity contribution in [1.29, 1.82) is 0 Å². The average Bonchev–Trinajstić information content (AvgIpc) is 3.62. The Morgan fingerprint density at radius 2 is 1.95 bits per heavy atom. The minimum absolute atomic E-state index is 0.249. The number of rotatable bonds is 8. The Morgan fingerprint density at radius 1 is 1.13 bits per heavy atom. The van der Waals surface area contributed by atoms with Gasteiger partial charge in [-0.05, 0) is 25.0 Å². The second kappa shape index (κ2) is 11.0. The molecule has 1 saturated heterocycles. The third-order valence-corrected chi connectivity index (χ3v) is 7.26. The van der Waals surface area contributed by atoms with Crippen molar-refractivity contribution in [2.45, 2.75) is 44.7 Å². The predicted molar refractivity (Wildman–Crippen MR) is 144 cm³/mol. The molecule has 2 fully saturated rings. The number of benzene rings is 1. The fourth-order valence-electron chi connectivity index (χ4n) is 5.23. The first-order valence-corrected chi connectivity index (χ1v) is 13.2. The molecule has 2 aliphatic rings. The summed E-state index contributed by atoms with van der Waals surface area (Å²) in [6, 6.07) is 6.21. The molecule has 0 bridgehead atoms. The van der Waals surface area contributed by atoms with Crippen LogP contribution in [0.5, 0.6) is 5.75 Å². The van der Waals surface area contributed by atoms with Crippen molar-refractivity contribution in [3.05, 3.63) is 30.6 Å². The summed E-state index contributed by atoms with van der Waals surface area (Å²) < 4.78 is 38.1. The lowest BCUT2D eigenvalue weighted by atomic mass is 9.95. The van der Waals surface area contributed by atoms with Gasteiger partial charge in [-0.1, -0.05) is 19.3 Å². The van der Waals surface area contributed by atoms with Crippen LogP contribution in [0.3, 0.4) is 0 Å². The van der Waals surface area contributed by atoms with Gasteiger partial charge in [-0.15, -0.1) is 0 Å². The van der Waals surface area contributed by atoms with Gasteiger partial charge < -0.3 is 25.0 Å². The van der Waals surface area contributed by atoms with Crippen LogP contribution in [0.1, 0.15) is 38.7 Å². The van der Waals surface area contributed by atoms with Crippen LogP contribution in [0.25, 0.3) is 22.3 Å². The number of aromatic amines is 1. The lowest BCUT2D eigenvalue weighted by molar-refractivity contribution is 0.0566. The van der Waals surface area contributed by atoms with E-state index in [1.807, 2.05) is 18.2 Å². The van der Waals surface area contributed by atoms with E-state index in [0.29, 0.717) is 63.4 Å². The van der Waals surface area contributed by atoms with Crippen LogP contribution in [0.4, 0.5) is 31.9 Å². The Kier molecular flexibility index (Phi) is 7.14. The van der Waals surface area contributed by atoms with Crippen molar-refractivity contribution in [3.8, 4) is 17.0 Å². The van der Waals surface area contributed by atoms with E-state index < -0.39 is 6.55 Å². The Labute approximate surface area is 223 Å². The van der Waals surface area contributed by atoms with Crippen LogP contribution in [-0.4, -0.2) is 69.4 Å². The molecule has 1 aliphatic heterocycles. The molecule has 1 aromatic carbocycles. The number of fused-ring (bicyclic) bond motifs is 1. The van der Waals surface area contributed by atoms with Gasteiger partial charge in [-0.3, -0.25) is 5.10 Å². The summed E-state index contributed by atoms with van der Waals surface area (Å²) in [6.07, 6.45) is 8.23. The van der Waals surface area contributed by atoms with Crippen molar-refractivity contribution < 1.29 is 18.3 Å². The SMILES string of the molecule is COc1cc(N2CCOCC2)ccc1Nc1nc(NC2CCCCC2)c2c(-c3cnn(C(F)F)c3)[nH]nc2n1. The Morgan fingerprint density at radius 3 is 2.69 bits per heavy atom. The number of hydrogen-bond acceptors (Lipinski definition) is 9. The Bertz CT molecular complexity index is 1430. The predicted octanol–water partition coefficient (Wildman–Crippen LogP) is 4.94. The number of methoxy groups -OCH3 is 1. The molecule has 206 valence electrons. The van der Waals surface area contributed by atoms with Crippen molar-refractivity contribution in [2.75, 3.05) is 48.9 Å². The number of morpholine rings is 1. The third kappa shape index (κ3) is 5.31. The summed E-state index contributed by atoms with van der Waals surface area (Å²) in [6.45, 7) is 0.306. The maximum atomic E-state index is 13.2. The summed E-state index contributed by atoms with van der Waals surface area (Å²) in [4.78, 5) is 11.7. The van der Waals surface area contributed by atoms with Gasteiger partial charge in [-0.2, -0.15) is 28.9 Å². The number of anilines is 4. The highest BCUT2D eigenvalue weighted by Gasteiger charge is 2.22. The molecule has 0 unspecified atom stereocenters. The third-order valence-electron chi connectivity index (χ3n) is 7.26. The highest BCUT2D eigenvalue weighted by Crippen LogP contribution is 2.36. The van der Waals surface area contributed by atoms with Crippen LogP contribution in [0.2, 0.25) is 0 Å². The largest absolute Gasteiger partial charge is 0.494 e. The van der Waals surface area contributed by atoms with Gasteiger partial charge in [0.2, 0.25) is 5.95 Å². The molecule has 1 saturated carbocycles. The number of alkyl halides is 2. The van der Waals surface area contributed by atoms with Crippen molar-refractivity contribution in [1.82, 2.24) is 29.9 Å². The summed E-state index contributed by atoms with van der Waals surface area (Å²) in [5.41, 5.74) is 3.20. The lowest BCUT2D eigenvalue weighted by Gasteiger charge is -2.29. The fraction of sp³-hybridized carbons (Fsp3) is 0.462. The number of ether oxygens (including phenoxy) is 2. The molecular weight excluding hydrogens is 508 g/mol. The summed E-state index contributed by atoms with van der Waals surface area (Å²) in [5.74, 6) is 1.60. The lowest BCUT2D eigenvalue weighted by Crippen LogP contribution is -2.36. The molecule has 3 N–H and O–H groups in total. The van der Waals surface area contributed by atoms with Gasteiger partial charge in [0.25, 0.3) is 0 Å². The van der Waals surface area contributed by atoms with Crippen molar-refractivity contribution >= 4 is 34.2 Å². The summed E-state index contributed by atoms with van der Waals surface area (Å²) in [5, 5.41) is 18.6. The second-order valence-electron chi connectivity index (χ2n) is 9.77. The van der Waals surface area contributed by atoms with Gasteiger partial charge >= 0.3 is 6.55 Å². The summed E-state index contributed by atoms with van der Waals surface area (Å²) >= 11 is 0. The minimum Gasteiger partial charge on any atom is -0.494 e. The molecule has 11 nitrogen and oxygen atoms in total. The van der Waals surface area contributed by atoms with Crippen LogP contribution in [0, 0.1) is 0 Å². The van der Waals surface area contributed by atoms with Crippen molar-refractivity contribution in [3.63, 3.8) is 0 Å². The molecule has 1 aliphatic carbocycles. The second-order valence-corrected chi connectivity index (χ2v) is 9.77. The Hall–Kier alpha value is -4.00. The molecule has 4 heterocycles. The molecule has 0 radical (unpaired) electrons. The molecule has 13 heteroatoms. The van der Waals surface area contributed by atoms with E-state index >= 15 is 0 Å². The van der Waals surface area contributed by atoms with E-state index in [1.54, 1.807) is 7.11 Å². The number of nitrogens with one attached hydrogen (secondary N) is 3. The highest BCUT2D eigenvalue weighted by atomic mass is 19.3. The smallest absolute Gasteiger partial charge is 0.333 e. The number of H-pyrrole nitrogens is 1. The molecule has 4 aromatic rings. The van der Waals surface area contributed by atoms with Gasteiger partial charge in [0.05, 0.1) is 43.3 Å².